The minimum atomic E-state index is -0.114. The van der Waals surface area contributed by atoms with Crippen molar-refractivity contribution in [2.45, 2.75) is 12.8 Å². The van der Waals surface area contributed by atoms with Crippen molar-refractivity contribution in [1.29, 1.82) is 5.26 Å². The highest BCUT2D eigenvalue weighted by Crippen LogP contribution is 1.97. The molecule has 0 aromatic heterocycles. The molecule has 0 radical (unpaired) electrons. The van der Waals surface area contributed by atoms with E-state index in [4.69, 9.17) is 5.26 Å². The molecule has 4 nitrogen and oxygen atoms in total. The van der Waals surface area contributed by atoms with Crippen LogP contribution in [-0.2, 0) is 4.79 Å². The number of nitrogens with zero attached hydrogens (tertiary/aromatic N) is 1. The van der Waals surface area contributed by atoms with Crippen LogP contribution in [0.3, 0.4) is 0 Å². The summed E-state index contributed by atoms with van der Waals surface area (Å²) in [5.74, 6) is 1.05. The Morgan fingerprint density at radius 2 is 2.29 bits per heavy atom. The van der Waals surface area contributed by atoms with Crippen LogP contribution in [0.25, 0.3) is 0 Å². The van der Waals surface area contributed by atoms with Gasteiger partial charge in [-0.15, -0.1) is 0 Å². The molecule has 0 unspecified atom stereocenters. The summed E-state index contributed by atoms with van der Waals surface area (Å²) in [4.78, 5) is 11.0. The van der Waals surface area contributed by atoms with Gasteiger partial charge in [-0.1, -0.05) is 0 Å². The number of unbranched alkanes of at least 4 members (excludes halogenated alkanes) is 1. The molecule has 0 saturated carbocycles. The fourth-order valence-electron chi connectivity index (χ4n) is 0.899. The van der Waals surface area contributed by atoms with Crippen LogP contribution >= 0.6 is 11.8 Å². The molecule has 0 aromatic carbocycles. The fourth-order valence-corrected chi connectivity index (χ4v) is 1.39. The third kappa shape index (κ3) is 9.36. The molecule has 14 heavy (non-hydrogen) atoms. The molecule has 0 bridgehead atoms. The van der Waals surface area contributed by atoms with Crippen LogP contribution < -0.4 is 10.6 Å². The Morgan fingerprint density at radius 3 is 2.93 bits per heavy atom. The average molecular weight is 215 g/mol. The van der Waals surface area contributed by atoms with E-state index in [-0.39, 0.29) is 12.5 Å². The Morgan fingerprint density at radius 1 is 1.50 bits per heavy atom. The first-order chi connectivity index (χ1) is 6.81. The summed E-state index contributed by atoms with van der Waals surface area (Å²) >= 11 is 1.83. The third-order valence-corrected chi connectivity index (χ3v) is 2.30. The van der Waals surface area contributed by atoms with E-state index >= 15 is 0 Å². The molecule has 0 aromatic rings. The molecule has 0 rings (SSSR count). The van der Waals surface area contributed by atoms with Gasteiger partial charge >= 0.3 is 0 Å². The maximum absolute atomic E-state index is 11.0. The van der Waals surface area contributed by atoms with Crippen LogP contribution in [0.4, 0.5) is 0 Å². The normalized spacial score (nSPS) is 9.43. The Labute approximate surface area is 89.4 Å². The van der Waals surface area contributed by atoms with Crippen molar-refractivity contribution in [1.82, 2.24) is 10.6 Å². The van der Waals surface area contributed by atoms with Crippen molar-refractivity contribution in [3.63, 3.8) is 0 Å². The van der Waals surface area contributed by atoms with Crippen LogP contribution in [0.2, 0.25) is 0 Å². The summed E-state index contributed by atoms with van der Waals surface area (Å²) in [5, 5.41) is 13.7. The quantitative estimate of drug-likeness (QED) is 0.453. The smallest absolute Gasteiger partial charge is 0.234 e. The largest absolute Gasteiger partial charge is 0.342 e. The summed E-state index contributed by atoms with van der Waals surface area (Å²) in [6, 6.07) is 1.85. The van der Waals surface area contributed by atoms with E-state index in [1.54, 1.807) is 0 Å². The molecule has 2 N–H and O–H groups in total. The summed E-state index contributed by atoms with van der Waals surface area (Å²) in [6.45, 7) is 1.26. The van der Waals surface area contributed by atoms with E-state index < -0.39 is 0 Å². The summed E-state index contributed by atoms with van der Waals surface area (Å²) in [6.07, 6.45) is 4.35. The number of amides is 1. The van der Waals surface area contributed by atoms with E-state index in [0.717, 1.165) is 13.0 Å². The molecular weight excluding hydrogens is 198 g/mol. The third-order valence-electron chi connectivity index (χ3n) is 1.60. The van der Waals surface area contributed by atoms with Gasteiger partial charge in [0, 0.05) is 0 Å². The lowest BCUT2D eigenvalue weighted by Gasteiger charge is -2.03. The van der Waals surface area contributed by atoms with Gasteiger partial charge in [-0.2, -0.15) is 17.0 Å². The van der Waals surface area contributed by atoms with Gasteiger partial charge in [0.2, 0.25) is 5.91 Å². The lowest BCUT2D eigenvalue weighted by Crippen LogP contribution is -2.34. The first-order valence-corrected chi connectivity index (χ1v) is 6.04. The van der Waals surface area contributed by atoms with Crippen molar-refractivity contribution < 1.29 is 4.79 Å². The predicted molar refractivity (Wildman–Crippen MR) is 59.1 cm³/mol. The molecule has 0 heterocycles. The molecular formula is C9H17N3OS. The van der Waals surface area contributed by atoms with E-state index in [0.29, 0.717) is 6.54 Å². The minimum Gasteiger partial charge on any atom is -0.342 e. The van der Waals surface area contributed by atoms with Gasteiger partial charge in [-0.25, -0.2) is 0 Å². The second-order valence-corrected chi connectivity index (χ2v) is 3.80. The van der Waals surface area contributed by atoms with Crippen LogP contribution in [0.1, 0.15) is 12.8 Å². The number of nitrogens with one attached hydrogen (secondary N) is 2. The summed E-state index contributed by atoms with van der Waals surface area (Å²) < 4.78 is 0. The lowest BCUT2D eigenvalue weighted by molar-refractivity contribution is -0.120. The highest BCUT2D eigenvalue weighted by atomic mass is 32.2. The molecule has 0 aliphatic carbocycles. The Bertz CT molecular complexity index is 191. The maximum atomic E-state index is 11.0. The number of carbonyl (C=O) groups excluding carboxylic acids is 1. The highest BCUT2D eigenvalue weighted by molar-refractivity contribution is 7.98. The molecule has 0 saturated heterocycles. The molecule has 0 aliphatic heterocycles. The number of nitriles is 1. The van der Waals surface area contributed by atoms with Gasteiger partial charge in [0.25, 0.3) is 0 Å². The fraction of sp³-hybridized carbons (Fsp3) is 0.778. The zero-order valence-corrected chi connectivity index (χ0v) is 9.32. The first-order valence-electron chi connectivity index (χ1n) is 4.64. The average Bonchev–Trinajstić information content (AvgIpc) is 2.20. The second kappa shape index (κ2) is 10.4. The lowest BCUT2D eigenvalue weighted by atomic mass is 10.3. The number of hydrogen-bond acceptors (Lipinski definition) is 4. The molecule has 0 atom stereocenters. The zero-order valence-electron chi connectivity index (χ0n) is 8.51. The van der Waals surface area contributed by atoms with Gasteiger partial charge in [0.05, 0.1) is 12.6 Å². The van der Waals surface area contributed by atoms with Crippen molar-refractivity contribution in [2.24, 2.45) is 0 Å². The van der Waals surface area contributed by atoms with E-state index in [1.807, 2.05) is 17.8 Å². The van der Waals surface area contributed by atoms with E-state index in [9.17, 15) is 4.79 Å². The first kappa shape index (κ1) is 13.3. The molecule has 0 fully saturated rings. The molecule has 0 spiro atoms. The molecule has 0 aliphatic rings. The van der Waals surface area contributed by atoms with E-state index in [1.165, 1.54) is 12.2 Å². The van der Waals surface area contributed by atoms with Crippen LogP contribution in [0, 0.1) is 11.3 Å². The molecule has 1 amide bonds. The van der Waals surface area contributed by atoms with Crippen molar-refractivity contribution in [3.05, 3.63) is 0 Å². The van der Waals surface area contributed by atoms with Crippen molar-refractivity contribution >= 4 is 17.7 Å². The molecule has 80 valence electrons. The number of hydrogen-bond donors (Lipinski definition) is 2. The highest BCUT2D eigenvalue weighted by Gasteiger charge is 1.97. The maximum Gasteiger partial charge on any atom is 0.234 e. The zero-order chi connectivity index (χ0) is 10.6. The van der Waals surface area contributed by atoms with Crippen LogP contribution in [0.15, 0.2) is 0 Å². The second-order valence-electron chi connectivity index (χ2n) is 2.81. The summed E-state index contributed by atoms with van der Waals surface area (Å²) in [5.41, 5.74) is 0. The minimum absolute atomic E-state index is 0.0903. The monoisotopic (exact) mass is 215 g/mol. The van der Waals surface area contributed by atoms with Gasteiger partial charge in [0.1, 0.15) is 6.54 Å². The van der Waals surface area contributed by atoms with Crippen molar-refractivity contribution in [2.75, 3.05) is 31.6 Å². The Hall–Kier alpha value is -0.730. The standard InChI is InChI=1S/C9H17N3OS/c1-14-7-3-2-5-11-8-9(13)12-6-4-10/h11H,2-3,5-8H2,1H3,(H,12,13). The van der Waals surface area contributed by atoms with Gasteiger partial charge in [0.15, 0.2) is 0 Å². The van der Waals surface area contributed by atoms with Gasteiger partial charge < -0.3 is 10.6 Å². The van der Waals surface area contributed by atoms with E-state index in [2.05, 4.69) is 16.9 Å². The SMILES string of the molecule is CSCCCCNCC(=O)NCC#N. The Kier molecular flexibility index (Phi) is 9.81. The van der Waals surface area contributed by atoms with Gasteiger partial charge in [-0.05, 0) is 31.4 Å². The topological polar surface area (TPSA) is 64.9 Å². The number of carbonyl (C=O) groups is 1. The Balaban J connectivity index is 3.11. The number of thioether (sulfide) groups is 1. The predicted octanol–water partition coefficient (Wildman–Crippen LogP) is 0.359. The summed E-state index contributed by atoms with van der Waals surface area (Å²) in [7, 11) is 0. The number of rotatable bonds is 8. The van der Waals surface area contributed by atoms with Crippen LogP contribution in [-0.4, -0.2) is 37.6 Å². The molecule has 5 heteroatoms. The van der Waals surface area contributed by atoms with Gasteiger partial charge in [-0.3, -0.25) is 4.79 Å². The van der Waals surface area contributed by atoms with Crippen molar-refractivity contribution in [3.8, 4) is 6.07 Å². The van der Waals surface area contributed by atoms with Crippen LogP contribution in [0.5, 0.6) is 0 Å².